The molecule has 1 saturated heterocycles. The van der Waals surface area contributed by atoms with Crippen molar-refractivity contribution in [1.29, 1.82) is 0 Å². The van der Waals surface area contributed by atoms with Crippen LogP contribution in [0.1, 0.15) is 21.5 Å². The lowest BCUT2D eigenvalue weighted by molar-refractivity contribution is 0.0881. The van der Waals surface area contributed by atoms with E-state index in [4.69, 9.17) is 0 Å². The van der Waals surface area contributed by atoms with Crippen LogP contribution in [-0.2, 0) is 13.1 Å². The average Bonchev–Trinajstić information content (AvgIpc) is 2.95. The van der Waals surface area contributed by atoms with E-state index in [0.717, 1.165) is 38.3 Å². The van der Waals surface area contributed by atoms with Gasteiger partial charge in [-0.15, -0.1) is 37.2 Å². The molecule has 0 spiro atoms. The highest BCUT2D eigenvalue weighted by atomic mass is 35.5. The lowest BCUT2D eigenvalue weighted by Crippen LogP contribution is -2.54. The van der Waals surface area contributed by atoms with Crippen molar-refractivity contribution in [3.8, 4) is 0 Å². The van der Waals surface area contributed by atoms with Crippen LogP contribution in [0.2, 0.25) is 0 Å². The number of nitrogens with one attached hydrogen (secondary N) is 2. The average molecular weight is 398 g/mol. The zero-order valence-electron chi connectivity index (χ0n) is 14.1. The molecule has 24 heavy (non-hydrogen) atoms. The molecule has 2 aliphatic heterocycles. The molecule has 2 aliphatic rings. The van der Waals surface area contributed by atoms with Gasteiger partial charge < -0.3 is 15.5 Å². The van der Waals surface area contributed by atoms with Gasteiger partial charge in [0.25, 0.3) is 5.91 Å². The van der Waals surface area contributed by atoms with Crippen molar-refractivity contribution in [2.75, 3.05) is 40.3 Å². The van der Waals surface area contributed by atoms with Gasteiger partial charge in [-0.05, 0) is 37.4 Å². The minimum atomic E-state index is 0. The second kappa shape index (κ2) is 10.4. The first-order chi connectivity index (χ1) is 10.1. The summed E-state index contributed by atoms with van der Waals surface area (Å²) in [5.41, 5.74) is 3.32. The van der Waals surface area contributed by atoms with Crippen LogP contribution in [-0.4, -0.2) is 62.0 Å². The third kappa shape index (κ3) is 5.48. The van der Waals surface area contributed by atoms with Crippen LogP contribution in [0.15, 0.2) is 18.2 Å². The molecule has 3 rings (SSSR count). The Hall–Kier alpha value is -0.560. The fraction of sp³-hybridized carbons (Fsp3) is 0.562. The summed E-state index contributed by atoms with van der Waals surface area (Å²) in [6, 6.07) is 6.40. The number of fused-ring (bicyclic) bond motifs is 1. The second-order valence-corrected chi connectivity index (χ2v) is 6.19. The highest BCUT2D eigenvalue weighted by molar-refractivity contribution is 5.94. The minimum absolute atomic E-state index is 0. The monoisotopic (exact) mass is 396 g/mol. The third-order valence-corrected chi connectivity index (χ3v) is 4.58. The normalized spacial score (nSPS) is 20.2. The van der Waals surface area contributed by atoms with E-state index in [1.165, 1.54) is 11.1 Å². The molecule has 1 unspecified atom stereocenters. The van der Waals surface area contributed by atoms with Crippen molar-refractivity contribution in [2.45, 2.75) is 19.1 Å². The molecule has 2 N–H and O–H groups in total. The van der Waals surface area contributed by atoms with Crippen LogP contribution in [0.25, 0.3) is 0 Å². The molecule has 1 aromatic carbocycles. The Labute approximate surface area is 162 Å². The van der Waals surface area contributed by atoms with Crippen LogP contribution in [0.5, 0.6) is 0 Å². The molecule has 138 valence electrons. The van der Waals surface area contributed by atoms with Crippen LogP contribution < -0.4 is 10.6 Å². The van der Waals surface area contributed by atoms with Crippen molar-refractivity contribution in [3.05, 3.63) is 34.9 Å². The van der Waals surface area contributed by atoms with E-state index in [1.807, 2.05) is 12.1 Å². The van der Waals surface area contributed by atoms with E-state index in [9.17, 15) is 4.79 Å². The summed E-state index contributed by atoms with van der Waals surface area (Å²) in [4.78, 5) is 17.0. The zero-order chi connectivity index (χ0) is 14.8. The van der Waals surface area contributed by atoms with E-state index in [-0.39, 0.29) is 43.1 Å². The molecule has 2 heterocycles. The summed E-state index contributed by atoms with van der Waals surface area (Å²) in [7, 11) is 4.26. The van der Waals surface area contributed by atoms with Crippen molar-refractivity contribution in [2.24, 2.45) is 0 Å². The molecule has 1 fully saturated rings. The molecular formula is C16H27Cl3N4O. The van der Waals surface area contributed by atoms with Crippen molar-refractivity contribution >= 4 is 43.1 Å². The van der Waals surface area contributed by atoms with Crippen molar-refractivity contribution in [1.82, 2.24) is 20.4 Å². The zero-order valence-corrected chi connectivity index (χ0v) is 16.5. The number of likely N-dealkylation sites (N-methyl/N-ethyl adjacent to an activating group) is 2. The van der Waals surface area contributed by atoms with Gasteiger partial charge in [-0.25, -0.2) is 0 Å². The third-order valence-electron chi connectivity index (χ3n) is 4.58. The Kier molecular flexibility index (Phi) is 10.2. The topological polar surface area (TPSA) is 47.6 Å². The number of nitrogens with zero attached hydrogens (tertiary/aromatic N) is 2. The first-order valence-corrected chi connectivity index (χ1v) is 7.63. The summed E-state index contributed by atoms with van der Waals surface area (Å²) in [5, 5.41) is 6.39. The van der Waals surface area contributed by atoms with Crippen molar-refractivity contribution in [3.63, 3.8) is 0 Å². The largest absolute Gasteiger partial charge is 0.350 e. The van der Waals surface area contributed by atoms with Crippen molar-refractivity contribution < 1.29 is 4.79 Å². The molecule has 0 aromatic heterocycles. The van der Waals surface area contributed by atoms with Crippen LogP contribution in [0, 0.1) is 0 Å². The Morgan fingerprint density at radius 3 is 2.62 bits per heavy atom. The standard InChI is InChI=1S/C16H24N4O.3ClH/c1-19-5-6-20(2)15(11-19)10-18-16(21)12-3-4-13-8-17-9-14(13)7-12;;;/h3-4,7,15,17H,5-6,8-11H2,1-2H3,(H,18,21);3*1H. The van der Waals surface area contributed by atoms with Gasteiger partial charge in [-0.1, -0.05) is 6.07 Å². The molecule has 0 aliphatic carbocycles. The van der Waals surface area contributed by atoms with E-state index in [2.05, 4.69) is 40.6 Å². The maximum absolute atomic E-state index is 12.3. The molecular weight excluding hydrogens is 371 g/mol. The molecule has 8 heteroatoms. The Balaban J connectivity index is 0.00000176. The van der Waals surface area contributed by atoms with E-state index in [0.29, 0.717) is 12.6 Å². The van der Waals surface area contributed by atoms with E-state index < -0.39 is 0 Å². The SMILES string of the molecule is CN1CCN(C)C(CNC(=O)c2ccc3c(c2)CNC3)C1.Cl.Cl.Cl. The van der Waals surface area contributed by atoms with Crippen LogP contribution in [0.4, 0.5) is 0 Å². The molecule has 1 amide bonds. The van der Waals surface area contributed by atoms with Gasteiger partial charge in [0.15, 0.2) is 0 Å². The van der Waals surface area contributed by atoms with Gasteiger partial charge in [0.2, 0.25) is 0 Å². The highest BCUT2D eigenvalue weighted by Crippen LogP contribution is 2.17. The van der Waals surface area contributed by atoms with Crippen LogP contribution >= 0.6 is 37.2 Å². The van der Waals surface area contributed by atoms with Gasteiger partial charge in [0.1, 0.15) is 0 Å². The number of amides is 1. The summed E-state index contributed by atoms with van der Waals surface area (Å²) in [6.07, 6.45) is 0. The Morgan fingerprint density at radius 1 is 1.17 bits per heavy atom. The smallest absolute Gasteiger partial charge is 0.251 e. The number of hydrogen-bond donors (Lipinski definition) is 2. The number of rotatable bonds is 3. The number of hydrogen-bond acceptors (Lipinski definition) is 4. The predicted octanol–water partition coefficient (Wildman–Crippen LogP) is 1.53. The summed E-state index contributed by atoms with van der Waals surface area (Å²) < 4.78 is 0. The van der Waals surface area contributed by atoms with Crippen LogP contribution in [0.3, 0.4) is 0 Å². The second-order valence-electron chi connectivity index (χ2n) is 6.19. The molecule has 1 atom stereocenters. The molecule has 5 nitrogen and oxygen atoms in total. The molecule has 0 radical (unpaired) electrons. The van der Waals surface area contributed by atoms with E-state index in [1.54, 1.807) is 0 Å². The molecule has 1 aromatic rings. The quantitative estimate of drug-likeness (QED) is 0.812. The fourth-order valence-electron chi connectivity index (χ4n) is 3.07. The van der Waals surface area contributed by atoms with Gasteiger partial charge in [0, 0.05) is 50.9 Å². The number of benzene rings is 1. The summed E-state index contributed by atoms with van der Waals surface area (Å²) >= 11 is 0. The number of halogens is 3. The summed E-state index contributed by atoms with van der Waals surface area (Å²) in [5.74, 6) is 0.0336. The maximum Gasteiger partial charge on any atom is 0.251 e. The first kappa shape index (κ1) is 23.4. The number of piperazine rings is 1. The number of carbonyl (C=O) groups excluding carboxylic acids is 1. The number of carbonyl (C=O) groups is 1. The van der Waals surface area contributed by atoms with E-state index >= 15 is 0 Å². The minimum Gasteiger partial charge on any atom is -0.350 e. The Bertz CT molecular complexity index is 544. The first-order valence-electron chi connectivity index (χ1n) is 7.63. The highest BCUT2D eigenvalue weighted by Gasteiger charge is 2.22. The fourth-order valence-corrected chi connectivity index (χ4v) is 3.07. The Morgan fingerprint density at radius 2 is 1.88 bits per heavy atom. The predicted molar refractivity (Wildman–Crippen MR) is 105 cm³/mol. The molecule has 0 saturated carbocycles. The van der Waals surface area contributed by atoms with Gasteiger partial charge >= 0.3 is 0 Å². The lowest BCUT2D eigenvalue weighted by Gasteiger charge is -2.37. The maximum atomic E-state index is 12.3. The van der Waals surface area contributed by atoms with Gasteiger partial charge in [-0.2, -0.15) is 0 Å². The van der Waals surface area contributed by atoms with Gasteiger partial charge in [0.05, 0.1) is 0 Å². The lowest BCUT2D eigenvalue weighted by atomic mass is 10.1. The summed E-state index contributed by atoms with van der Waals surface area (Å²) in [6.45, 7) is 5.64. The van der Waals surface area contributed by atoms with Gasteiger partial charge in [-0.3, -0.25) is 9.69 Å². The molecule has 0 bridgehead atoms.